The molecule has 8 aromatic rings. The second-order valence-corrected chi connectivity index (χ2v) is 23.5. The third-order valence-electron chi connectivity index (χ3n) is 15.2. The Bertz CT molecular complexity index is 3170. The Kier molecular flexibility index (Phi) is 12.5. The number of hydrogen-bond acceptors (Lipinski definition) is 4. The first-order chi connectivity index (χ1) is 33.1. The summed E-state index contributed by atoms with van der Waals surface area (Å²) in [6.45, 7) is 34.6. The summed E-state index contributed by atoms with van der Waals surface area (Å²) in [6.07, 6.45) is 1.95. The van der Waals surface area contributed by atoms with Crippen molar-refractivity contribution in [2.45, 2.75) is 149 Å². The minimum atomic E-state index is -0.571. The summed E-state index contributed by atoms with van der Waals surface area (Å²) in [5.41, 5.74) is 12.2. The second-order valence-electron chi connectivity index (χ2n) is 23.5. The predicted octanol–water partition coefficient (Wildman–Crippen LogP) is 17.6. The fraction of sp³-hybridized carbons (Fsp3) is 0.354. The fourth-order valence-corrected chi connectivity index (χ4v) is 10.9. The quantitative estimate of drug-likeness (QED) is 0.130. The molecule has 0 N–H and O–H groups in total. The fourth-order valence-electron chi connectivity index (χ4n) is 10.9. The smallest absolute Gasteiger partial charge is 0.137 e. The molecule has 0 aliphatic carbocycles. The van der Waals surface area contributed by atoms with Crippen molar-refractivity contribution in [2.75, 3.05) is 4.90 Å². The molecule has 0 spiro atoms. The average molecular weight is 927 g/mol. The van der Waals surface area contributed by atoms with E-state index in [0.29, 0.717) is 0 Å². The monoisotopic (exact) mass is 927 g/mol. The van der Waals surface area contributed by atoms with E-state index in [4.69, 9.17) is 14.7 Å². The van der Waals surface area contributed by atoms with Crippen LogP contribution in [-0.2, 0) is 10.8 Å². The van der Waals surface area contributed by atoms with Crippen molar-refractivity contribution in [3.05, 3.63) is 196 Å². The molecular formula is C65H74N4O. The van der Waals surface area contributed by atoms with Gasteiger partial charge in [0.05, 0.1) is 27.8 Å². The maximum atomic E-state index is 7.17. The normalized spacial score (nSPS) is 16.4. The number of nitrogens with zero attached hydrogens (tertiary/aromatic N) is 4. The molecule has 0 saturated carbocycles. The van der Waals surface area contributed by atoms with Crippen LogP contribution < -0.4 is 9.64 Å². The summed E-state index contributed by atoms with van der Waals surface area (Å²) in [5.74, 6) is 4.14. The van der Waals surface area contributed by atoms with Crippen molar-refractivity contribution in [3.63, 3.8) is 0 Å². The van der Waals surface area contributed by atoms with Crippen molar-refractivity contribution in [3.8, 4) is 17.3 Å². The van der Waals surface area contributed by atoms with E-state index in [1.54, 1.807) is 0 Å². The van der Waals surface area contributed by atoms with Crippen LogP contribution in [0.2, 0.25) is 0 Å². The second kappa shape index (κ2) is 18.1. The third-order valence-corrected chi connectivity index (χ3v) is 15.2. The van der Waals surface area contributed by atoms with E-state index in [-0.39, 0.29) is 34.5 Å². The molecule has 0 fully saturated rings. The van der Waals surface area contributed by atoms with Crippen molar-refractivity contribution < 1.29 is 4.74 Å². The molecule has 9 rings (SSSR count). The molecule has 70 heavy (non-hydrogen) atoms. The first-order valence-electron chi connectivity index (χ1n) is 25.6. The van der Waals surface area contributed by atoms with Crippen LogP contribution in [0.3, 0.4) is 0 Å². The number of benzene rings is 6. The molecule has 5 nitrogen and oxygen atoms in total. The molecule has 6 aromatic carbocycles. The van der Waals surface area contributed by atoms with E-state index < -0.39 is 11.1 Å². The van der Waals surface area contributed by atoms with Gasteiger partial charge in [-0.3, -0.25) is 9.56 Å². The third kappa shape index (κ3) is 8.64. The Morgan fingerprint density at radius 3 is 1.69 bits per heavy atom. The first kappa shape index (κ1) is 48.6. The van der Waals surface area contributed by atoms with Gasteiger partial charge in [-0.2, -0.15) is 0 Å². The van der Waals surface area contributed by atoms with Gasteiger partial charge in [0.25, 0.3) is 0 Å². The molecule has 0 radical (unpaired) electrons. The Balaban J connectivity index is 1.26. The number of amidine groups is 1. The summed E-state index contributed by atoms with van der Waals surface area (Å²) in [5, 5.41) is 2.37. The van der Waals surface area contributed by atoms with Gasteiger partial charge < -0.3 is 9.64 Å². The number of anilines is 1. The van der Waals surface area contributed by atoms with E-state index in [2.05, 4.69) is 259 Å². The number of rotatable bonds is 11. The van der Waals surface area contributed by atoms with Gasteiger partial charge in [0.15, 0.2) is 0 Å². The van der Waals surface area contributed by atoms with Crippen LogP contribution in [0.4, 0.5) is 5.69 Å². The number of pyridine rings is 1. The number of hydrogen-bond donors (Lipinski definition) is 0. The lowest BCUT2D eigenvalue weighted by Crippen LogP contribution is -2.60. The molecule has 5 heteroatoms. The average Bonchev–Trinajstić information content (AvgIpc) is 3.75. The number of para-hydroxylation sites is 1. The lowest BCUT2D eigenvalue weighted by atomic mass is 9.66. The molecule has 0 unspecified atom stereocenters. The highest BCUT2D eigenvalue weighted by molar-refractivity contribution is 6.14. The molecule has 1 aliphatic heterocycles. The minimum absolute atomic E-state index is 0.00171. The van der Waals surface area contributed by atoms with Crippen LogP contribution >= 0.6 is 0 Å². The van der Waals surface area contributed by atoms with Gasteiger partial charge >= 0.3 is 0 Å². The van der Waals surface area contributed by atoms with E-state index in [1.165, 1.54) is 55.4 Å². The summed E-state index contributed by atoms with van der Waals surface area (Å²) < 4.78 is 9.49. The molecular weight excluding hydrogens is 853 g/mol. The Hall–Kier alpha value is -6.46. The SMILES string of the molecule is CC(C)c1cc(Oc2ccc3c4cc(C(C)(C)C)ccc4n(-c4cc(C(C)(C)C)ccn4)c3c2)cc(C2=NC(C)(C)[C@](C)(C(c3ccccc3)c3ccccc3)N2c2c(C(C)C)cccc2C(C)C)c1. The highest BCUT2D eigenvalue weighted by atomic mass is 16.5. The highest BCUT2D eigenvalue weighted by Gasteiger charge is 2.59. The molecule has 0 amide bonds. The first-order valence-corrected chi connectivity index (χ1v) is 25.6. The molecule has 1 atom stereocenters. The minimum Gasteiger partial charge on any atom is -0.457 e. The van der Waals surface area contributed by atoms with Gasteiger partial charge in [-0.05, 0) is 143 Å². The Morgan fingerprint density at radius 1 is 0.514 bits per heavy atom. The lowest BCUT2D eigenvalue weighted by molar-refractivity contribution is 0.279. The molecule has 3 heterocycles. The zero-order chi connectivity index (χ0) is 50.1. The van der Waals surface area contributed by atoms with Gasteiger partial charge in [-0.1, -0.05) is 168 Å². The predicted molar refractivity (Wildman–Crippen MR) is 297 cm³/mol. The Morgan fingerprint density at radius 2 is 1.11 bits per heavy atom. The largest absolute Gasteiger partial charge is 0.457 e. The summed E-state index contributed by atoms with van der Waals surface area (Å²) in [4.78, 5) is 13.6. The van der Waals surface area contributed by atoms with Gasteiger partial charge in [-0.25, -0.2) is 4.98 Å². The summed E-state index contributed by atoms with van der Waals surface area (Å²) in [6, 6.07) is 53.8. The van der Waals surface area contributed by atoms with Gasteiger partial charge in [0.1, 0.15) is 23.2 Å². The zero-order valence-electron chi connectivity index (χ0n) is 44.4. The van der Waals surface area contributed by atoms with Crippen molar-refractivity contribution in [2.24, 2.45) is 4.99 Å². The zero-order valence-corrected chi connectivity index (χ0v) is 44.4. The lowest BCUT2D eigenvalue weighted by Gasteiger charge is -2.51. The van der Waals surface area contributed by atoms with E-state index in [9.17, 15) is 0 Å². The van der Waals surface area contributed by atoms with Crippen molar-refractivity contribution >= 4 is 33.3 Å². The van der Waals surface area contributed by atoms with Crippen LogP contribution in [0.5, 0.6) is 11.5 Å². The van der Waals surface area contributed by atoms with Gasteiger partial charge in [0, 0.05) is 34.5 Å². The highest BCUT2D eigenvalue weighted by Crippen LogP contribution is 2.55. The number of aliphatic imine (C=N–C) groups is 1. The molecule has 360 valence electrons. The van der Waals surface area contributed by atoms with Crippen LogP contribution in [0.15, 0.2) is 157 Å². The molecule has 2 aromatic heterocycles. The number of ether oxygens (including phenoxy) is 1. The summed E-state index contributed by atoms with van der Waals surface area (Å²) in [7, 11) is 0. The maximum Gasteiger partial charge on any atom is 0.137 e. The Labute approximate surface area is 418 Å². The number of fused-ring (bicyclic) bond motifs is 3. The van der Waals surface area contributed by atoms with E-state index in [0.717, 1.165) is 39.7 Å². The summed E-state index contributed by atoms with van der Waals surface area (Å²) >= 11 is 0. The van der Waals surface area contributed by atoms with Gasteiger partial charge in [-0.15, -0.1) is 0 Å². The maximum absolute atomic E-state index is 7.17. The molecule has 1 aliphatic rings. The number of aromatic nitrogens is 2. The van der Waals surface area contributed by atoms with Gasteiger partial charge in [0.2, 0.25) is 0 Å². The van der Waals surface area contributed by atoms with Crippen molar-refractivity contribution in [1.82, 2.24) is 9.55 Å². The topological polar surface area (TPSA) is 42.6 Å². The van der Waals surface area contributed by atoms with Crippen LogP contribution in [0, 0.1) is 0 Å². The van der Waals surface area contributed by atoms with Crippen molar-refractivity contribution in [1.29, 1.82) is 0 Å². The van der Waals surface area contributed by atoms with Crippen LogP contribution in [0.1, 0.15) is 172 Å². The standard InChI is InChI=1S/C65H74N4O/c1-41(2)46-35-47(37-51(36-46)70-50-30-31-54-55-38-48(62(7,8)9)29-32-56(55)68(57(54)40-50)58-39-49(33-34-66-58)63(10,11)12)61-67-64(13,14)65(15,59(44-23-18-16-19-24-44)45-25-20-17-21-26-45)69(61)60-52(42(3)4)27-22-28-53(60)43(5)6/h16-43,59H,1-15H3/t65-/m0/s1. The molecule has 0 bridgehead atoms. The molecule has 0 saturated heterocycles. The van der Waals surface area contributed by atoms with E-state index in [1.807, 2.05) is 6.20 Å². The van der Waals surface area contributed by atoms with Crippen LogP contribution in [0.25, 0.3) is 27.6 Å². The van der Waals surface area contributed by atoms with Crippen LogP contribution in [-0.4, -0.2) is 26.5 Å². The van der Waals surface area contributed by atoms with E-state index >= 15 is 0 Å².